The van der Waals surface area contributed by atoms with Gasteiger partial charge >= 0.3 is 0 Å². The molecule has 0 amide bonds. The minimum atomic E-state index is -0.564. The molecule has 0 fully saturated rings. The number of ketones is 2. The fraction of sp³-hybridized carbons (Fsp3) is 0.385. The summed E-state index contributed by atoms with van der Waals surface area (Å²) in [5, 5.41) is 0. The topological polar surface area (TPSA) is 34.1 Å². The lowest BCUT2D eigenvalue weighted by molar-refractivity contribution is -0.128. The first-order valence-electron chi connectivity index (χ1n) is 5.25. The quantitative estimate of drug-likeness (QED) is 0.691. The highest BCUT2D eigenvalue weighted by Gasteiger charge is 2.23. The molecule has 1 unspecified atom stereocenters. The fourth-order valence-corrected chi connectivity index (χ4v) is 1.68. The molecule has 0 radical (unpaired) electrons. The molecule has 80 valence electrons. The van der Waals surface area contributed by atoms with Crippen LogP contribution in [0.3, 0.4) is 0 Å². The maximum absolute atomic E-state index is 11.8. The molecule has 0 saturated heterocycles. The van der Waals surface area contributed by atoms with E-state index in [1.807, 2.05) is 37.3 Å². The van der Waals surface area contributed by atoms with E-state index in [4.69, 9.17) is 0 Å². The lowest BCUT2D eigenvalue weighted by atomic mass is 9.89. The van der Waals surface area contributed by atoms with Crippen LogP contribution in [0, 0.1) is 0 Å². The number of rotatable bonds is 5. The van der Waals surface area contributed by atoms with Crippen molar-refractivity contribution in [2.24, 2.45) is 0 Å². The predicted octanol–water partition coefficient (Wildman–Crippen LogP) is 2.73. The zero-order valence-corrected chi connectivity index (χ0v) is 9.19. The number of benzene rings is 1. The van der Waals surface area contributed by atoms with Gasteiger partial charge in [0.05, 0.1) is 0 Å². The van der Waals surface area contributed by atoms with Crippen LogP contribution >= 0.6 is 0 Å². The summed E-state index contributed by atoms with van der Waals surface area (Å²) in [7, 11) is 0. The minimum absolute atomic E-state index is 0.0243. The van der Waals surface area contributed by atoms with Gasteiger partial charge in [0.1, 0.15) is 17.5 Å². The first kappa shape index (κ1) is 11.6. The summed E-state index contributed by atoms with van der Waals surface area (Å²) >= 11 is 0. The van der Waals surface area contributed by atoms with Crippen LogP contribution in [0.2, 0.25) is 0 Å². The third kappa shape index (κ3) is 3.01. The zero-order chi connectivity index (χ0) is 11.3. The first-order valence-corrected chi connectivity index (χ1v) is 5.25. The summed E-state index contributed by atoms with van der Waals surface area (Å²) in [4.78, 5) is 23.2. The van der Waals surface area contributed by atoms with Crippen LogP contribution < -0.4 is 0 Å². The molecule has 15 heavy (non-hydrogen) atoms. The van der Waals surface area contributed by atoms with Crippen molar-refractivity contribution in [1.29, 1.82) is 0 Å². The maximum Gasteiger partial charge on any atom is 0.147 e. The molecule has 1 aromatic rings. The monoisotopic (exact) mass is 204 g/mol. The van der Waals surface area contributed by atoms with Crippen molar-refractivity contribution in [2.75, 3.05) is 0 Å². The van der Waals surface area contributed by atoms with E-state index >= 15 is 0 Å². The summed E-state index contributed by atoms with van der Waals surface area (Å²) in [5.74, 6) is -0.609. The SMILES string of the molecule is CCCC(=O)C(C(C)=O)c1ccccc1. The molecule has 0 saturated carbocycles. The van der Waals surface area contributed by atoms with Gasteiger partial charge in [-0.1, -0.05) is 37.3 Å². The van der Waals surface area contributed by atoms with Crippen molar-refractivity contribution in [1.82, 2.24) is 0 Å². The number of hydrogen-bond acceptors (Lipinski definition) is 2. The van der Waals surface area contributed by atoms with Crippen molar-refractivity contribution in [3.8, 4) is 0 Å². The molecule has 2 nitrogen and oxygen atoms in total. The van der Waals surface area contributed by atoms with E-state index < -0.39 is 5.92 Å². The highest BCUT2D eigenvalue weighted by molar-refractivity contribution is 6.06. The molecule has 1 atom stereocenters. The van der Waals surface area contributed by atoms with Crippen molar-refractivity contribution < 1.29 is 9.59 Å². The van der Waals surface area contributed by atoms with E-state index in [0.29, 0.717) is 6.42 Å². The molecular weight excluding hydrogens is 188 g/mol. The zero-order valence-electron chi connectivity index (χ0n) is 9.19. The van der Waals surface area contributed by atoms with Gasteiger partial charge in [-0.2, -0.15) is 0 Å². The summed E-state index contributed by atoms with van der Waals surface area (Å²) in [6.45, 7) is 3.42. The Balaban J connectivity index is 2.94. The lowest BCUT2D eigenvalue weighted by Crippen LogP contribution is -2.19. The standard InChI is InChI=1S/C13H16O2/c1-3-7-12(15)13(10(2)14)11-8-5-4-6-9-11/h4-6,8-9,13H,3,7H2,1-2H3. The number of hydrogen-bond donors (Lipinski definition) is 0. The van der Waals surface area contributed by atoms with Crippen LogP contribution in [0.25, 0.3) is 0 Å². The van der Waals surface area contributed by atoms with Gasteiger partial charge < -0.3 is 0 Å². The normalized spacial score (nSPS) is 12.1. The Bertz CT molecular complexity index is 341. The van der Waals surface area contributed by atoms with Gasteiger partial charge in [-0.25, -0.2) is 0 Å². The molecule has 0 N–H and O–H groups in total. The van der Waals surface area contributed by atoms with Crippen molar-refractivity contribution in [2.45, 2.75) is 32.6 Å². The van der Waals surface area contributed by atoms with E-state index in [9.17, 15) is 9.59 Å². The summed E-state index contributed by atoms with van der Waals surface area (Å²) in [6.07, 6.45) is 1.26. The second-order valence-electron chi connectivity index (χ2n) is 3.67. The summed E-state index contributed by atoms with van der Waals surface area (Å²) in [5.41, 5.74) is 0.809. The van der Waals surface area contributed by atoms with Gasteiger partial charge in [0, 0.05) is 6.42 Å². The molecule has 0 bridgehead atoms. The van der Waals surface area contributed by atoms with E-state index in [2.05, 4.69) is 0 Å². The van der Waals surface area contributed by atoms with Gasteiger partial charge in [0.15, 0.2) is 0 Å². The molecule has 1 rings (SSSR count). The third-order valence-corrected chi connectivity index (χ3v) is 2.36. The van der Waals surface area contributed by atoms with Crippen LogP contribution in [0.4, 0.5) is 0 Å². The van der Waals surface area contributed by atoms with Gasteiger partial charge in [-0.15, -0.1) is 0 Å². The maximum atomic E-state index is 11.8. The third-order valence-electron chi connectivity index (χ3n) is 2.36. The molecule has 1 aromatic carbocycles. The number of carbonyl (C=O) groups is 2. The van der Waals surface area contributed by atoms with E-state index in [0.717, 1.165) is 12.0 Å². The lowest BCUT2D eigenvalue weighted by Gasteiger charge is -2.12. The van der Waals surface area contributed by atoms with Crippen LogP contribution in [0.1, 0.15) is 38.2 Å². The van der Waals surface area contributed by atoms with Crippen LogP contribution in [-0.2, 0) is 9.59 Å². The van der Waals surface area contributed by atoms with Crippen LogP contribution in [-0.4, -0.2) is 11.6 Å². The minimum Gasteiger partial charge on any atom is -0.299 e. The van der Waals surface area contributed by atoms with Crippen molar-refractivity contribution in [3.05, 3.63) is 35.9 Å². The molecule has 0 aromatic heterocycles. The molecule has 0 heterocycles. The van der Waals surface area contributed by atoms with E-state index in [1.54, 1.807) is 0 Å². The van der Waals surface area contributed by atoms with Crippen molar-refractivity contribution in [3.63, 3.8) is 0 Å². The average molecular weight is 204 g/mol. The Morgan fingerprint density at radius 2 is 1.80 bits per heavy atom. The Morgan fingerprint density at radius 1 is 1.20 bits per heavy atom. The van der Waals surface area contributed by atoms with Gasteiger partial charge in [-0.05, 0) is 18.9 Å². The fourth-order valence-electron chi connectivity index (χ4n) is 1.68. The Kier molecular flexibility index (Phi) is 4.22. The smallest absolute Gasteiger partial charge is 0.147 e. The van der Waals surface area contributed by atoms with Crippen LogP contribution in [0.15, 0.2) is 30.3 Å². The Hall–Kier alpha value is -1.44. The second kappa shape index (κ2) is 5.44. The Labute approximate surface area is 90.3 Å². The first-order chi connectivity index (χ1) is 7.16. The number of carbonyl (C=O) groups excluding carboxylic acids is 2. The predicted molar refractivity (Wildman–Crippen MR) is 59.8 cm³/mol. The highest BCUT2D eigenvalue weighted by Crippen LogP contribution is 2.19. The average Bonchev–Trinajstić information content (AvgIpc) is 2.19. The summed E-state index contributed by atoms with van der Waals surface area (Å²) < 4.78 is 0. The summed E-state index contributed by atoms with van der Waals surface area (Å²) in [6, 6.07) is 9.25. The largest absolute Gasteiger partial charge is 0.299 e. The van der Waals surface area contributed by atoms with E-state index in [1.165, 1.54) is 6.92 Å². The van der Waals surface area contributed by atoms with E-state index in [-0.39, 0.29) is 11.6 Å². The Morgan fingerprint density at radius 3 is 2.27 bits per heavy atom. The van der Waals surface area contributed by atoms with Gasteiger partial charge in [0.2, 0.25) is 0 Å². The number of Topliss-reactive ketones (excluding diaryl/α,β-unsaturated/α-hetero) is 2. The molecular formula is C13H16O2. The second-order valence-corrected chi connectivity index (χ2v) is 3.67. The molecule has 0 aliphatic carbocycles. The molecule has 0 aliphatic rings. The van der Waals surface area contributed by atoms with Gasteiger partial charge in [0.25, 0.3) is 0 Å². The molecule has 2 heteroatoms. The van der Waals surface area contributed by atoms with Gasteiger partial charge in [-0.3, -0.25) is 9.59 Å². The molecule has 0 spiro atoms. The highest BCUT2D eigenvalue weighted by atomic mass is 16.1. The molecule has 0 aliphatic heterocycles. The van der Waals surface area contributed by atoms with Crippen LogP contribution in [0.5, 0.6) is 0 Å². The van der Waals surface area contributed by atoms with Crippen molar-refractivity contribution >= 4 is 11.6 Å².